The van der Waals surface area contributed by atoms with Gasteiger partial charge in [0.25, 0.3) is 0 Å². The topological polar surface area (TPSA) is 18.5 Å². The highest BCUT2D eigenvalue weighted by molar-refractivity contribution is 7.64. The Morgan fingerprint density at radius 1 is 0.722 bits per heavy atom. The Morgan fingerprint density at radius 3 is 1.33 bits per heavy atom. The molecule has 0 aromatic rings. The Balaban J connectivity index is 2.15. The zero-order chi connectivity index (χ0) is 13.6. The van der Waals surface area contributed by atoms with Crippen molar-refractivity contribution >= 4 is 15.8 Å². The van der Waals surface area contributed by atoms with Crippen LogP contribution < -0.4 is 0 Å². The van der Waals surface area contributed by atoms with Gasteiger partial charge in [-0.25, -0.2) is 0 Å². The zero-order valence-electron chi connectivity index (χ0n) is 12.7. The molecule has 2 aliphatic rings. The zero-order valence-corrected chi connectivity index (χ0v) is 14.5. The van der Waals surface area contributed by atoms with Gasteiger partial charge < -0.3 is 9.47 Å². The first kappa shape index (κ1) is 15.2. The summed E-state index contributed by atoms with van der Waals surface area (Å²) in [5.74, 6) is 0.792. The molecule has 2 fully saturated rings. The highest BCUT2D eigenvalue weighted by Gasteiger charge is 2.48. The van der Waals surface area contributed by atoms with E-state index in [1.54, 1.807) is 0 Å². The summed E-state index contributed by atoms with van der Waals surface area (Å²) in [5, 5.41) is 0.780. The predicted octanol–water partition coefficient (Wildman–Crippen LogP) is 4.26. The molecule has 0 aromatic carbocycles. The maximum absolute atomic E-state index is 6.12. The number of ether oxygens (including phenoxy) is 2. The molecule has 18 heavy (non-hydrogen) atoms. The first-order valence-electron chi connectivity index (χ1n) is 6.98. The van der Waals surface area contributed by atoms with Crippen LogP contribution in [0.2, 0.25) is 0 Å². The van der Waals surface area contributed by atoms with E-state index in [1.807, 2.05) is 0 Å². The maximum atomic E-state index is 6.12. The fourth-order valence-corrected chi connectivity index (χ4v) is 9.19. The van der Waals surface area contributed by atoms with E-state index in [0.29, 0.717) is 22.0 Å². The van der Waals surface area contributed by atoms with E-state index in [9.17, 15) is 0 Å². The molecular formula is C14H28O2P2. The predicted molar refractivity (Wildman–Crippen MR) is 82.6 cm³/mol. The number of hydrogen-bond donors (Lipinski definition) is 0. The molecule has 0 amide bonds. The Hall–Kier alpha value is 0.780. The van der Waals surface area contributed by atoms with Crippen LogP contribution in [0.25, 0.3) is 0 Å². The third-order valence-electron chi connectivity index (χ3n) is 3.82. The van der Waals surface area contributed by atoms with Crippen LogP contribution >= 0.6 is 15.8 Å². The number of hydrogen-bond acceptors (Lipinski definition) is 2. The second-order valence-electron chi connectivity index (χ2n) is 7.25. The monoisotopic (exact) mass is 290 g/mol. The molecule has 2 heterocycles. The van der Waals surface area contributed by atoms with Crippen LogP contribution in [-0.4, -0.2) is 47.5 Å². The molecule has 106 valence electrons. The summed E-state index contributed by atoms with van der Waals surface area (Å²) in [7, 11) is -0.131. The van der Waals surface area contributed by atoms with E-state index >= 15 is 0 Å². The second-order valence-corrected chi connectivity index (χ2v) is 13.7. The fraction of sp³-hybridized carbons (Fsp3) is 1.00. The molecule has 2 aliphatic heterocycles. The lowest BCUT2D eigenvalue weighted by Gasteiger charge is -2.39. The third-order valence-corrected chi connectivity index (χ3v) is 10.9. The SMILES string of the molecule is CC(C)(C)[P@@]1CCO[C@H]1[C@@H]1OCC[P@]1C(C)(C)C. The Labute approximate surface area is 115 Å². The smallest absolute Gasteiger partial charge is 0.107 e. The van der Waals surface area contributed by atoms with E-state index in [1.165, 1.54) is 12.3 Å². The van der Waals surface area contributed by atoms with Gasteiger partial charge in [-0.05, 0) is 22.6 Å². The van der Waals surface area contributed by atoms with E-state index < -0.39 is 0 Å². The summed E-state index contributed by atoms with van der Waals surface area (Å²) in [4.78, 5) is 0. The molecule has 0 N–H and O–H groups in total. The standard InChI is InChI=1S/C14H28O2P2/c1-13(2,3)17-9-7-15-11(17)12-16-8-10-18(12)14(4,5)6/h11-12H,7-10H2,1-6H3/t11-,12-,17+,18+/m1/s1. The number of rotatable bonds is 1. The third kappa shape index (κ3) is 3.09. The normalized spacial score (nSPS) is 38.3. The largest absolute Gasteiger partial charge is 0.370 e. The molecule has 4 heteroatoms. The first-order valence-corrected chi connectivity index (χ1v) is 10.2. The van der Waals surface area contributed by atoms with E-state index in [2.05, 4.69) is 41.5 Å². The van der Waals surface area contributed by atoms with Crippen molar-refractivity contribution in [1.82, 2.24) is 0 Å². The van der Waals surface area contributed by atoms with Gasteiger partial charge in [0.2, 0.25) is 0 Å². The van der Waals surface area contributed by atoms with E-state index in [-0.39, 0.29) is 15.8 Å². The summed E-state index contributed by atoms with van der Waals surface area (Å²) in [6.45, 7) is 16.1. The van der Waals surface area contributed by atoms with Crippen molar-refractivity contribution in [3.8, 4) is 0 Å². The Morgan fingerprint density at radius 2 is 1.06 bits per heavy atom. The molecule has 2 saturated heterocycles. The van der Waals surface area contributed by atoms with Gasteiger partial charge in [-0.15, -0.1) is 0 Å². The lowest BCUT2D eigenvalue weighted by molar-refractivity contribution is 0.0349. The van der Waals surface area contributed by atoms with Crippen LogP contribution in [0.5, 0.6) is 0 Å². The van der Waals surface area contributed by atoms with Gasteiger partial charge in [0, 0.05) is 0 Å². The van der Waals surface area contributed by atoms with Gasteiger partial charge in [-0.3, -0.25) is 0 Å². The molecule has 0 saturated carbocycles. The van der Waals surface area contributed by atoms with Crippen molar-refractivity contribution < 1.29 is 9.47 Å². The van der Waals surface area contributed by atoms with Crippen molar-refractivity contribution in [2.24, 2.45) is 0 Å². The molecule has 0 bridgehead atoms. The van der Waals surface area contributed by atoms with Gasteiger partial charge in [0.1, 0.15) is 11.7 Å². The molecule has 4 atom stereocenters. The van der Waals surface area contributed by atoms with Gasteiger partial charge in [0.15, 0.2) is 0 Å². The average molecular weight is 290 g/mol. The highest BCUT2D eigenvalue weighted by atomic mass is 31.1. The average Bonchev–Trinajstić information content (AvgIpc) is 2.83. The minimum Gasteiger partial charge on any atom is -0.370 e. The van der Waals surface area contributed by atoms with E-state index in [4.69, 9.17) is 9.47 Å². The van der Waals surface area contributed by atoms with Crippen LogP contribution in [0.15, 0.2) is 0 Å². The van der Waals surface area contributed by atoms with Crippen molar-refractivity contribution in [1.29, 1.82) is 0 Å². The van der Waals surface area contributed by atoms with Gasteiger partial charge in [-0.2, -0.15) is 0 Å². The van der Waals surface area contributed by atoms with Crippen LogP contribution in [0, 0.1) is 0 Å². The van der Waals surface area contributed by atoms with E-state index in [0.717, 1.165) is 13.2 Å². The van der Waals surface area contributed by atoms with Crippen LogP contribution in [0.1, 0.15) is 41.5 Å². The van der Waals surface area contributed by atoms with Crippen molar-refractivity contribution in [3.05, 3.63) is 0 Å². The van der Waals surface area contributed by atoms with Crippen LogP contribution in [0.4, 0.5) is 0 Å². The highest BCUT2D eigenvalue weighted by Crippen LogP contribution is 2.67. The molecule has 0 spiro atoms. The first-order chi connectivity index (χ1) is 8.21. The quantitative estimate of drug-likeness (QED) is 0.672. The Bertz CT molecular complexity index is 263. The summed E-state index contributed by atoms with van der Waals surface area (Å²) in [5.41, 5.74) is 0. The minimum absolute atomic E-state index is 0.0654. The van der Waals surface area contributed by atoms with Crippen molar-refractivity contribution in [2.45, 2.75) is 63.5 Å². The molecule has 0 radical (unpaired) electrons. The minimum atomic E-state index is -0.0654. The summed E-state index contributed by atoms with van der Waals surface area (Å²) >= 11 is 0. The van der Waals surface area contributed by atoms with Crippen molar-refractivity contribution in [3.63, 3.8) is 0 Å². The molecule has 0 aliphatic carbocycles. The molecule has 2 nitrogen and oxygen atoms in total. The summed E-state index contributed by atoms with van der Waals surface area (Å²) < 4.78 is 12.2. The summed E-state index contributed by atoms with van der Waals surface area (Å²) in [6, 6.07) is 0. The summed E-state index contributed by atoms with van der Waals surface area (Å²) in [6.07, 6.45) is 2.52. The molecule has 2 rings (SSSR count). The van der Waals surface area contributed by atoms with Gasteiger partial charge in [-0.1, -0.05) is 57.4 Å². The molecule has 0 unspecified atom stereocenters. The second kappa shape index (κ2) is 5.28. The Kier molecular flexibility index (Phi) is 4.45. The lowest BCUT2D eigenvalue weighted by atomic mass is 10.3. The van der Waals surface area contributed by atoms with Gasteiger partial charge >= 0.3 is 0 Å². The lowest BCUT2D eigenvalue weighted by Crippen LogP contribution is -2.31. The van der Waals surface area contributed by atoms with Gasteiger partial charge in [0.05, 0.1) is 13.2 Å². The van der Waals surface area contributed by atoms with Crippen molar-refractivity contribution in [2.75, 3.05) is 25.5 Å². The van der Waals surface area contributed by atoms with Crippen LogP contribution in [-0.2, 0) is 9.47 Å². The molecular weight excluding hydrogens is 262 g/mol. The fourth-order valence-electron chi connectivity index (χ4n) is 2.88. The molecule has 0 aromatic heterocycles. The maximum Gasteiger partial charge on any atom is 0.107 e. The van der Waals surface area contributed by atoms with Crippen LogP contribution in [0.3, 0.4) is 0 Å².